The minimum absolute atomic E-state index is 0.164. The van der Waals surface area contributed by atoms with Gasteiger partial charge in [0.2, 0.25) is 0 Å². The van der Waals surface area contributed by atoms with E-state index < -0.39 is 0 Å². The molecular formula is C26H23ClN2O3S. The largest absolute Gasteiger partial charge is 0.486 e. The van der Waals surface area contributed by atoms with Crippen molar-refractivity contribution in [1.29, 1.82) is 0 Å². The molecule has 4 aromatic rings. The van der Waals surface area contributed by atoms with Crippen LogP contribution in [0.4, 0.5) is 0 Å². The fourth-order valence-electron chi connectivity index (χ4n) is 3.85. The Hall–Kier alpha value is -3.09. The molecule has 0 saturated heterocycles. The minimum Gasteiger partial charge on any atom is -0.486 e. The SMILES string of the molecule is Cc1ccc2c(Sc3ccc(Cl)cc3)c(C(=O)N[C@H](C)c3ccc4c(c3)OCCO4)[nH]c2c1. The average molecular weight is 479 g/mol. The number of fused-ring (bicyclic) bond motifs is 2. The average Bonchev–Trinajstić information content (AvgIpc) is 3.17. The Balaban J connectivity index is 1.45. The van der Waals surface area contributed by atoms with Crippen molar-refractivity contribution in [3.63, 3.8) is 0 Å². The smallest absolute Gasteiger partial charge is 0.269 e. The molecule has 1 aromatic heterocycles. The van der Waals surface area contributed by atoms with Crippen LogP contribution in [0.1, 0.15) is 34.6 Å². The van der Waals surface area contributed by atoms with E-state index in [1.165, 1.54) is 0 Å². The Bertz CT molecular complexity index is 1330. The molecule has 168 valence electrons. The molecule has 0 aliphatic carbocycles. The van der Waals surface area contributed by atoms with Crippen LogP contribution in [0, 0.1) is 6.92 Å². The maximum atomic E-state index is 13.4. The van der Waals surface area contributed by atoms with Crippen LogP contribution < -0.4 is 14.8 Å². The van der Waals surface area contributed by atoms with Crippen LogP contribution in [0.2, 0.25) is 5.02 Å². The molecule has 0 fully saturated rings. The molecule has 2 N–H and O–H groups in total. The predicted octanol–water partition coefficient (Wildman–Crippen LogP) is 6.54. The zero-order valence-corrected chi connectivity index (χ0v) is 19.8. The van der Waals surface area contributed by atoms with Gasteiger partial charge in [-0.3, -0.25) is 4.79 Å². The third-order valence-electron chi connectivity index (χ3n) is 5.58. The molecule has 7 heteroatoms. The second-order valence-electron chi connectivity index (χ2n) is 8.03. The first-order valence-corrected chi connectivity index (χ1v) is 11.9. The van der Waals surface area contributed by atoms with E-state index in [4.69, 9.17) is 21.1 Å². The molecule has 1 aliphatic rings. The molecule has 0 bridgehead atoms. The first-order valence-electron chi connectivity index (χ1n) is 10.7. The molecule has 2 heterocycles. The van der Waals surface area contributed by atoms with Gasteiger partial charge in [0.1, 0.15) is 18.9 Å². The van der Waals surface area contributed by atoms with E-state index >= 15 is 0 Å². The Kier molecular flexibility index (Phi) is 5.96. The van der Waals surface area contributed by atoms with E-state index in [9.17, 15) is 4.79 Å². The van der Waals surface area contributed by atoms with Crippen molar-refractivity contribution in [1.82, 2.24) is 10.3 Å². The number of nitrogens with one attached hydrogen (secondary N) is 2. The fraction of sp³-hybridized carbons (Fsp3) is 0.192. The molecule has 5 rings (SSSR count). The molecule has 1 atom stereocenters. The number of ether oxygens (including phenoxy) is 2. The summed E-state index contributed by atoms with van der Waals surface area (Å²) in [6.45, 7) is 5.07. The van der Waals surface area contributed by atoms with Crippen LogP contribution in [-0.4, -0.2) is 24.1 Å². The van der Waals surface area contributed by atoms with Gasteiger partial charge in [0, 0.05) is 20.8 Å². The summed E-state index contributed by atoms with van der Waals surface area (Å²) in [5.74, 6) is 1.28. The Morgan fingerprint density at radius 3 is 2.58 bits per heavy atom. The van der Waals surface area contributed by atoms with E-state index in [0.717, 1.165) is 37.6 Å². The summed E-state index contributed by atoms with van der Waals surface area (Å²) in [6.07, 6.45) is 0. The quantitative estimate of drug-likeness (QED) is 0.341. The molecular weight excluding hydrogens is 456 g/mol. The number of hydrogen-bond acceptors (Lipinski definition) is 4. The van der Waals surface area contributed by atoms with Gasteiger partial charge < -0.3 is 19.8 Å². The van der Waals surface area contributed by atoms with Crippen LogP contribution in [0.15, 0.2) is 70.5 Å². The van der Waals surface area contributed by atoms with Gasteiger partial charge in [-0.25, -0.2) is 0 Å². The summed E-state index contributed by atoms with van der Waals surface area (Å²) in [4.78, 5) is 18.6. The Morgan fingerprint density at radius 1 is 1.03 bits per heavy atom. The second kappa shape index (κ2) is 9.04. The number of carbonyl (C=O) groups is 1. The highest BCUT2D eigenvalue weighted by molar-refractivity contribution is 7.99. The third kappa shape index (κ3) is 4.54. The lowest BCUT2D eigenvalue weighted by atomic mass is 10.1. The number of rotatable bonds is 5. The Morgan fingerprint density at radius 2 is 1.79 bits per heavy atom. The van der Waals surface area contributed by atoms with Crippen LogP contribution in [0.25, 0.3) is 10.9 Å². The van der Waals surface area contributed by atoms with Crippen LogP contribution in [0.5, 0.6) is 11.5 Å². The maximum absolute atomic E-state index is 13.4. The lowest BCUT2D eigenvalue weighted by molar-refractivity contribution is 0.0932. The van der Waals surface area contributed by atoms with Crippen LogP contribution in [-0.2, 0) is 0 Å². The topological polar surface area (TPSA) is 63.4 Å². The van der Waals surface area contributed by atoms with Gasteiger partial charge in [-0.1, -0.05) is 41.6 Å². The predicted molar refractivity (Wildman–Crippen MR) is 132 cm³/mol. The maximum Gasteiger partial charge on any atom is 0.269 e. The standard InChI is InChI=1S/C26H23ClN2O3S/c1-15-3-9-20-21(13-15)29-24(25(20)33-19-7-5-18(27)6-8-19)26(30)28-16(2)17-4-10-22-23(14-17)32-12-11-31-22/h3-10,13-14,16,29H,11-12H2,1-2H3,(H,28,30)/t16-/m1/s1. The number of aromatic nitrogens is 1. The summed E-state index contributed by atoms with van der Waals surface area (Å²) in [6, 6.07) is 19.4. The molecule has 33 heavy (non-hydrogen) atoms. The van der Waals surface area contributed by atoms with Crippen molar-refractivity contribution >= 4 is 40.2 Å². The van der Waals surface area contributed by atoms with Gasteiger partial charge in [0.15, 0.2) is 11.5 Å². The summed E-state index contributed by atoms with van der Waals surface area (Å²) >= 11 is 7.60. The molecule has 0 radical (unpaired) electrons. The normalized spacial score (nSPS) is 13.7. The van der Waals surface area contributed by atoms with Gasteiger partial charge in [-0.15, -0.1) is 0 Å². The van der Waals surface area contributed by atoms with E-state index in [1.54, 1.807) is 11.8 Å². The fourth-order valence-corrected chi connectivity index (χ4v) is 5.02. The molecule has 0 saturated carbocycles. The highest BCUT2D eigenvalue weighted by Crippen LogP contribution is 2.38. The van der Waals surface area contributed by atoms with Crippen molar-refractivity contribution in [2.24, 2.45) is 0 Å². The number of benzene rings is 3. The third-order valence-corrected chi connectivity index (χ3v) is 6.97. The van der Waals surface area contributed by atoms with E-state index in [-0.39, 0.29) is 11.9 Å². The van der Waals surface area contributed by atoms with Crippen molar-refractivity contribution in [3.05, 3.63) is 82.5 Å². The van der Waals surface area contributed by atoms with Gasteiger partial charge in [0.05, 0.1) is 10.9 Å². The van der Waals surface area contributed by atoms with Gasteiger partial charge in [-0.05, 0) is 67.4 Å². The lowest BCUT2D eigenvalue weighted by Gasteiger charge is -2.21. The molecule has 5 nitrogen and oxygen atoms in total. The van der Waals surface area contributed by atoms with E-state index in [2.05, 4.69) is 28.5 Å². The van der Waals surface area contributed by atoms with Crippen molar-refractivity contribution in [3.8, 4) is 11.5 Å². The Labute approximate surface area is 201 Å². The van der Waals surface area contributed by atoms with Gasteiger partial charge in [0.25, 0.3) is 5.91 Å². The summed E-state index contributed by atoms with van der Waals surface area (Å²) in [7, 11) is 0. The molecule has 0 unspecified atom stereocenters. The number of hydrogen-bond donors (Lipinski definition) is 2. The van der Waals surface area contributed by atoms with Crippen molar-refractivity contribution in [2.45, 2.75) is 29.7 Å². The molecule has 3 aromatic carbocycles. The summed E-state index contributed by atoms with van der Waals surface area (Å²) < 4.78 is 11.3. The zero-order valence-electron chi connectivity index (χ0n) is 18.3. The first-order chi connectivity index (χ1) is 16.0. The van der Waals surface area contributed by atoms with Crippen LogP contribution in [0.3, 0.4) is 0 Å². The monoisotopic (exact) mass is 478 g/mol. The first kappa shape index (κ1) is 21.7. The summed E-state index contributed by atoms with van der Waals surface area (Å²) in [5, 5.41) is 4.82. The molecule has 1 amide bonds. The second-order valence-corrected chi connectivity index (χ2v) is 9.55. The number of amides is 1. The minimum atomic E-state index is -0.213. The van der Waals surface area contributed by atoms with Crippen molar-refractivity contribution < 1.29 is 14.3 Å². The summed E-state index contributed by atoms with van der Waals surface area (Å²) in [5.41, 5.74) is 3.55. The molecule has 1 aliphatic heterocycles. The van der Waals surface area contributed by atoms with E-state index in [0.29, 0.717) is 29.7 Å². The number of H-pyrrole nitrogens is 1. The number of aromatic amines is 1. The highest BCUT2D eigenvalue weighted by atomic mass is 35.5. The lowest BCUT2D eigenvalue weighted by Crippen LogP contribution is -2.27. The van der Waals surface area contributed by atoms with Gasteiger partial charge in [-0.2, -0.15) is 0 Å². The molecule has 0 spiro atoms. The number of carbonyl (C=O) groups excluding carboxylic acids is 1. The van der Waals surface area contributed by atoms with E-state index in [1.807, 2.05) is 56.3 Å². The van der Waals surface area contributed by atoms with Gasteiger partial charge >= 0.3 is 0 Å². The van der Waals surface area contributed by atoms with Crippen molar-refractivity contribution in [2.75, 3.05) is 13.2 Å². The van der Waals surface area contributed by atoms with Crippen LogP contribution >= 0.6 is 23.4 Å². The highest BCUT2D eigenvalue weighted by Gasteiger charge is 2.22. The number of halogens is 1. The zero-order chi connectivity index (χ0) is 22.9. The number of aryl methyl sites for hydroxylation is 1.